The van der Waals surface area contributed by atoms with Gasteiger partial charge in [-0.05, 0) is 25.3 Å². The molecule has 0 amide bonds. The molecule has 0 aliphatic rings. The minimum atomic E-state index is -0.508. The van der Waals surface area contributed by atoms with Crippen molar-refractivity contribution in [1.82, 2.24) is 4.90 Å². The van der Waals surface area contributed by atoms with Crippen LogP contribution in [0.4, 0.5) is 0 Å². The van der Waals surface area contributed by atoms with Crippen molar-refractivity contribution in [2.24, 2.45) is 5.92 Å². The summed E-state index contributed by atoms with van der Waals surface area (Å²) >= 11 is 0. The van der Waals surface area contributed by atoms with Crippen LogP contribution < -0.4 is 0 Å². The Labute approximate surface area is 99.2 Å². The van der Waals surface area contributed by atoms with Crippen molar-refractivity contribution in [3.63, 3.8) is 0 Å². The summed E-state index contributed by atoms with van der Waals surface area (Å²) in [7, 11) is 0. The molecular formula is C12H27NO3. The monoisotopic (exact) mass is 233 g/mol. The van der Waals surface area contributed by atoms with Crippen molar-refractivity contribution in [3.05, 3.63) is 0 Å². The van der Waals surface area contributed by atoms with Gasteiger partial charge in [0.15, 0.2) is 0 Å². The van der Waals surface area contributed by atoms with E-state index in [4.69, 9.17) is 9.84 Å². The Morgan fingerprint density at radius 1 is 1.31 bits per heavy atom. The number of aliphatic hydroxyl groups excluding tert-OH is 2. The number of likely N-dealkylation sites (N-methyl/N-ethyl adjacent to an activating group) is 1. The summed E-state index contributed by atoms with van der Waals surface area (Å²) in [4.78, 5) is 1.77. The molecule has 98 valence electrons. The van der Waals surface area contributed by atoms with Gasteiger partial charge in [-0.2, -0.15) is 0 Å². The summed E-state index contributed by atoms with van der Waals surface area (Å²) in [5.41, 5.74) is 0. The zero-order chi connectivity index (χ0) is 12.4. The molecule has 0 aromatic rings. The average Bonchev–Trinajstić information content (AvgIpc) is 2.25. The molecule has 1 atom stereocenters. The lowest BCUT2D eigenvalue weighted by molar-refractivity contribution is -0.00122. The van der Waals surface area contributed by atoms with E-state index in [-0.39, 0.29) is 6.73 Å². The van der Waals surface area contributed by atoms with E-state index < -0.39 is 6.10 Å². The Morgan fingerprint density at radius 2 is 2.00 bits per heavy atom. The third-order valence-corrected chi connectivity index (χ3v) is 2.50. The number of ether oxygens (including phenoxy) is 1. The molecule has 0 heterocycles. The van der Waals surface area contributed by atoms with Gasteiger partial charge in [0.05, 0.1) is 19.4 Å². The number of hydrogen-bond acceptors (Lipinski definition) is 4. The Bertz CT molecular complexity index is 149. The highest BCUT2D eigenvalue weighted by Gasteiger charge is 2.09. The molecule has 0 saturated heterocycles. The quantitative estimate of drug-likeness (QED) is 0.438. The Morgan fingerprint density at radius 3 is 2.50 bits per heavy atom. The zero-order valence-corrected chi connectivity index (χ0v) is 10.9. The molecular weight excluding hydrogens is 206 g/mol. The van der Waals surface area contributed by atoms with Crippen molar-refractivity contribution in [3.8, 4) is 0 Å². The third-order valence-electron chi connectivity index (χ3n) is 2.50. The SMILES string of the molecule is CCN(CO)CC(O)COCCCC(C)C. The largest absolute Gasteiger partial charge is 0.389 e. The fourth-order valence-electron chi connectivity index (χ4n) is 1.45. The summed E-state index contributed by atoms with van der Waals surface area (Å²) in [6, 6.07) is 0. The molecule has 0 rings (SSSR count). The summed E-state index contributed by atoms with van der Waals surface area (Å²) in [6.45, 7) is 8.59. The van der Waals surface area contributed by atoms with Crippen molar-refractivity contribution >= 4 is 0 Å². The fraction of sp³-hybridized carbons (Fsp3) is 1.00. The molecule has 2 N–H and O–H groups in total. The molecule has 16 heavy (non-hydrogen) atoms. The van der Waals surface area contributed by atoms with Crippen LogP contribution in [-0.2, 0) is 4.74 Å². The molecule has 0 aliphatic carbocycles. The smallest absolute Gasteiger partial charge is 0.0957 e. The van der Waals surface area contributed by atoms with E-state index in [1.54, 1.807) is 4.90 Å². The molecule has 0 radical (unpaired) electrons. The van der Waals surface area contributed by atoms with E-state index in [9.17, 15) is 5.11 Å². The second-order valence-electron chi connectivity index (χ2n) is 4.58. The first-order valence-corrected chi connectivity index (χ1v) is 6.19. The van der Waals surface area contributed by atoms with E-state index in [2.05, 4.69) is 13.8 Å². The maximum absolute atomic E-state index is 9.61. The first kappa shape index (κ1) is 15.8. The predicted molar refractivity (Wildman–Crippen MR) is 65.2 cm³/mol. The summed E-state index contributed by atoms with van der Waals surface area (Å²) < 4.78 is 5.38. The Kier molecular flexibility index (Phi) is 9.92. The van der Waals surface area contributed by atoms with Crippen LogP contribution in [0.5, 0.6) is 0 Å². The minimum absolute atomic E-state index is 0.0130. The van der Waals surface area contributed by atoms with Gasteiger partial charge in [0, 0.05) is 13.2 Å². The standard InChI is InChI=1S/C12H27NO3/c1-4-13(10-14)8-12(15)9-16-7-5-6-11(2)3/h11-12,14-15H,4-10H2,1-3H3. The van der Waals surface area contributed by atoms with E-state index in [0.717, 1.165) is 19.4 Å². The van der Waals surface area contributed by atoms with Crippen LogP contribution in [0.2, 0.25) is 0 Å². The van der Waals surface area contributed by atoms with E-state index in [1.165, 1.54) is 0 Å². The van der Waals surface area contributed by atoms with E-state index in [0.29, 0.717) is 25.7 Å². The molecule has 4 heteroatoms. The number of nitrogens with zero attached hydrogens (tertiary/aromatic N) is 1. The summed E-state index contributed by atoms with van der Waals surface area (Å²) in [5.74, 6) is 0.707. The van der Waals surface area contributed by atoms with Crippen molar-refractivity contribution < 1.29 is 14.9 Å². The minimum Gasteiger partial charge on any atom is -0.389 e. The van der Waals surface area contributed by atoms with Gasteiger partial charge in [-0.25, -0.2) is 0 Å². The van der Waals surface area contributed by atoms with Gasteiger partial charge in [0.2, 0.25) is 0 Å². The highest BCUT2D eigenvalue weighted by molar-refractivity contribution is 4.60. The molecule has 0 aromatic heterocycles. The number of aliphatic hydroxyl groups is 2. The molecule has 0 saturated carbocycles. The lowest BCUT2D eigenvalue weighted by atomic mass is 10.1. The third kappa shape index (κ3) is 9.09. The fourth-order valence-corrected chi connectivity index (χ4v) is 1.45. The molecule has 0 bridgehead atoms. The van der Waals surface area contributed by atoms with Gasteiger partial charge in [-0.3, -0.25) is 4.90 Å². The van der Waals surface area contributed by atoms with Crippen LogP contribution in [0, 0.1) is 5.92 Å². The average molecular weight is 233 g/mol. The van der Waals surface area contributed by atoms with Crippen molar-refractivity contribution in [2.75, 3.05) is 33.0 Å². The van der Waals surface area contributed by atoms with Gasteiger partial charge >= 0.3 is 0 Å². The van der Waals surface area contributed by atoms with E-state index in [1.807, 2.05) is 6.92 Å². The van der Waals surface area contributed by atoms with E-state index >= 15 is 0 Å². The first-order chi connectivity index (χ1) is 7.60. The maximum atomic E-state index is 9.61. The molecule has 0 aliphatic heterocycles. The van der Waals surface area contributed by atoms with Crippen molar-refractivity contribution in [1.29, 1.82) is 0 Å². The Hall–Kier alpha value is -0.160. The van der Waals surface area contributed by atoms with Crippen LogP contribution >= 0.6 is 0 Å². The molecule has 1 unspecified atom stereocenters. The lowest BCUT2D eigenvalue weighted by Crippen LogP contribution is -2.35. The molecule has 4 nitrogen and oxygen atoms in total. The van der Waals surface area contributed by atoms with Crippen LogP contribution in [0.25, 0.3) is 0 Å². The first-order valence-electron chi connectivity index (χ1n) is 6.19. The van der Waals surface area contributed by atoms with Crippen LogP contribution in [0.15, 0.2) is 0 Å². The summed E-state index contributed by atoms with van der Waals surface area (Å²) in [5, 5.41) is 18.5. The summed E-state index contributed by atoms with van der Waals surface area (Å²) in [6.07, 6.45) is 1.70. The topological polar surface area (TPSA) is 52.9 Å². The second-order valence-corrected chi connectivity index (χ2v) is 4.58. The Balaban J connectivity index is 3.39. The van der Waals surface area contributed by atoms with Gasteiger partial charge < -0.3 is 14.9 Å². The molecule has 0 aromatic carbocycles. The van der Waals surface area contributed by atoms with Crippen LogP contribution in [0.3, 0.4) is 0 Å². The molecule has 0 fully saturated rings. The zero-order valence-electron chi connectivity index (χ0n) is 10.9. The normalized spacial score (nSPS) is 13.7. The highest BCUT2D eigenvalue weighted by Crippen LogP contribution is 2.03. The van der Waals surface area contributed by atoms with Gasteiger partial charge in [-0.15, -0.1) is 0 Å². The predicted octanol–water partition coefficient (Wildman–Crippen LogP) is 1.07. The van der Waals surface area contributed by atoms with Gasteiger partial charge in [0.25, 0.3) is 0 Å². The second kappa shape index (κ2) is 10.0. The number of hydrogen-bond donors (Lipinski definition) is 2. The molecule has 0 spiro atoms. The van der Waals surface area contributed by atoms with Crippen molar-refractivity contribution in [2.45, 2.75) is 39.7 Å². The van der Waals surface area contributed by atoms with Gasteiger partial charge in [-0.1, -0.05) is 20.8 Å². The van der Waals surface area contributed by atoms with Crippen LogP contribution in [0.1, 0.15) is 33.6 Å². The van der Waals surface area contributed by atoms with Crippen LogP contribution in [-0.4, -0.2) is 54.3 Å². The highest BCUT2D eigenvalue weighted by atomic mass is 16.5. The lowest BCUT2D eigenvalue weighted by Gasteiger charge is -2.20. The maximum Gasteiger partial charge on any atom is 0.0957 e. The van der Waals surface area contributed by atoms with Gasteiger partial charge in [0.1, 0.15) is 0 Å². The number of rotatable bonds is 10.